The van der Waals surface area contributed by atoms with Crippen molar-refractivity contribution in [2.24, 2.45) is 11.8 Å². The highest BCUT2D eigenvalue weighted by Crippen LogP contribution is 2.49. The number of alkyl halides is 3. The summed E-state index contributed by atoms with van der Waals surface area (Å²) in [5, 5.41) is 3.17. The van der Waals surface area contributed by atoms with Crippen LogP contribution in [0.5, 0.6) is 0 Å². The summed E-state index contributed by atoms with van der Waals surface area (Å²) in [6, 6.07) is 5.40. The quantitative estimate of drug-likeness (QED) is 0.869. The predicted octanol–water partition coefficient (Wildman–Crippen LogP) is 3.69. The fourth-order valence-electron chi connectivity index (χ4n) is 3.66. The summed E-state index contributed by atoms with van der Waals surface area (Å²) >= 11 is 0. The van der Waals surface area contributed by atoms with E-state index in [9.17, 15) is 18.0 Å². The Morgan fingerprint density at radius 2 is 1.96 bits per heavy atom. The van der Waals surface area contributed by atoms with Gasteiger partial charge in [0.05, 0.1) is 5.56 Å². The van der Waals surface area contributed by atoms with E-state index < -0.39 is 11.7 Å². The maximum absolute atomic E-state index is 12.8. The number of hydrogen-bond donors (Lipinski definition) is 1. The minimum atomic E-state index is -4.33. The third kappa shape index (κ3) is 4.67. The molecular weight excluding hydrogens is 353 g/mol. The highest BCUT2D eigenvalue weighted by molar-refractivity contribution is 5.85. The van der Waals surface area contributed by atoms with E-state index in [1.165, 1.54) is 12.1 Å². The molecule has 1 aromatic rings. The SMILES string of the molecule is CNCC1CCN(C(=O)C2CC2c2cccc(C(F)(F)F)c2)CC1.Cl. The third-order valence-corrected chi connectivity index (χ3v) is 5.17. The number of carbonyl (C=O) groups excluding carboxylic acids is 1. The number of nitrogens with zero attached hydrogens (tertiary/aromatic N) is 1. The van der Waals surface area contributed by atoms with Crippen molar-refractivity contribution in [1.29, 1.82) is 0 Å². The van der Waals surface area contributed by atoms with Crippen molar-refractivity contribution in [3.8, 4) is 0 Å². The Morgan fingerprint density at radius 3 is 2.56 bits per heavy atom. The van der Waals surface area contributed by atoms with Crippen molar-refractivity contribution < 1.29 is 18.0 Å². The molecule has 3 rings (SSSR count). The second kappa shape index (κ2) is 7.96. The van der Waals surface area contributed by atoms with Crippen LogP contribution < -0.4 is 5.32 Å². The van der Waals surface area contributed by atoms with Crippen LogP contribution in [0.1, 0.15) is 36.3 Å². The van der Waals surface area contributed by atoms with Gasteiger partial charge in [0.25, 0.3) is 0 Å². The molecule has 1 aliphatic heterocycles. The molecule has 0 aromatic heterocycles. The van der Waals surface area contributed by atoms with Crippen LogP contribution in [0.3, 0.4) is 0 Å². The molecule has 0 bridgehead atoms. The molecule has 1 heterocycles. The van der Waals surface area contributed by atoms with E-state index in [4.69, 9.17) is 0 Å². The molecule has 1 aromatic carbocycles. The van der Waals surface area contributed by atoms with E-state index in [1.807, 2.05) is 11.9 Å². The number of nitrogens with one attached hydrogen (secondary N) is 1. The highest BCUT2D eigenvalue weighted by Gasteiger charge is 2.46. The van der Waals surface area contributed by atoms with Crippen molar-refractivity contribution in [2.45, 2.75) is 31.4 Å². The molecule has 1 saturated carbocycles. The van der Waals surface area contributed by atoms with Gasteiger partial charge in [-0.1, -0.05) is 18.2 Å². The lowest BCUT2D eigenvalue weighted by Crippen LogP contribution is -2.41. The lowest BCUT2D eigenvalue weighted by Gasteiger charge is -2.32. The average Bonchev–Trinajstić information content (AvgIpc) is 3.35. The Balaban J connectivity index is 0.00000225. The summed E-state index contributed by atoms with van der Waals surface area (Å²) in [5.41, 5.74) is -0.000720. The monoisotopic (exact) mass is 376 g/mol. The molecule has 2 aliphatic rings. The van der Waals surface area contributed by atoms with Crippen LogP contribution in [0.4, 0.5) is 13.2 Å². The second-order valence-electron chi connectivity index (χ2n) is 6.90. The van der Waals surface area contributed by atoms with Gasteiger partial charge in [-0.2, -0.15) is 13.2 Å². The molecule has 0 radical (unpaired) electrons. The first-order chi connectivity index (χ1) is 11.4. The first-order valence-electron chi connectivity index (χ1n) is 8.50. The van der Waals surface area contributed by atoms with Gasteiger partial charge in [-0.05, 0) is 56.3 Å². The molecule has 3 nitrogen and oxygen atoms in total. The lowest BCUT2D eigenvalue weighted by atomic mass is 9.96. The van der Waals surface area contributed by atoms with Crippen LogP contribution in [0.15, 0.2) is 24.3 Å². The number of carbonyl (C=O) groups is 1. The van der Waals surface area contributed by atoms with E-state index in [2.05, 4.69) is 5.32 Å². The van der Waals surface area contributed by atoms with Gasteiger partial charge in [0.1, 0.15) is 0 Å². The Bertz CT molecular complexity index is 600. The predicted molar refractivity (Wildman–Crippen MR) is 92.8 cm³/mol. The van der Waals surface area contributed by atoms with Crippen molar-refractivity contribution >= 4 is 18.3 Å². The number of piperidine rings is 1. The Morgan fingerprint density at radius 1 is 1.28 bits per heavy atom. The lowest BCUT2D eigenvalue weighted by molar-refractivity contribution is -0.137. The van der Waals surface area contributed by atoms with Crippen molar-refractivity contribution in [1.82, 2.24) is 10.2 Å². The van der Waals surface area contributed by atoms with Crippen LogP contribution >= 0.6 is 12.4 Å². The van der Waals surface area contributed by atoms with E-state index >= 15 is 0 Å². The zero-order valence-corrected chi connectivity index (χ0v) is 15.0. The highest BCUT2D eigenvalue weighted by atomic mass is 35.5. The third-order valence-electron chi connectivity index (χ3n) is 5.17. The van der Waals surface area contributed by atoms with Crippen molar-refractivity contribution in [3.05, 3.63) is 35.4 Å². The fraction of sp³-hybridized carbons (Fsp3) is 0.611. The van der Waals surface area contributed by atoms with Gasteiger partial charge in [-0.3, -0.25) is 4.79 Å². The van der Waals surface area contributed by atoms with Crippen LogP contribution in [-0.4, -0.2) is 37.5 Å². The van der Waals surface area contributed by atoms with E-state index in [-0.39, 0.29) is 30.2 Å². The molecule has 2 fully saturated rings. The summed E-state index contributed by atoms with van der Waals surface area (Å²) < 4.78 is 38.5. The average molecular weight is 377 g/mol. The molecule has 1 amide bonds. The second-order valence-corrected chi connectivity index (χ2v) is 6.90. The minimum Gasteiger partial charge on any atom is -0.342 e. The minimum absolute atomic E-state index is 0. The van der Waals surface area contributed by atoms with Gasteiger partial charge in [-0.15, -0.1) is 12.4 Å². The number of amides is 1. The Hall–Kier alpha value is -1.27. The zero-order chi connectivity index (χ0) is 17.3. The molecule has 1 aliphatic carbocycles. The molecular formula is C18H24ClF3N2O. The molecule has 140 valence electrons. The summed E-state index contributed by atoms with van der Waals surface area (Å²) in [4.78, 5) is 14.5. The van der Waals surface area contributed by atoms with Crippen molar-refractivity contribution in [2.75, 3.05) is 26.7 Å². The number of halogens is 4. The maximum Gasteiger partial charge on any atom is 0.416 e. The molecule has 2 unspecified atom stereocenters. The molecule has 0 spiro atoms. The first-order valence-corrected chi connectivity index (χ1v) is 8.50. The van der Waals surface area contributed by atoms with Gasteiger partial charge in [0.2, 0.25) is 5.91 Å². The summed E-state index contributed by atoms with van der Waals surface area (Å²) in [6.45, 7) is 2.49. The number of benzene rings is 1. The van der Waals surface area contributed by atoms with Gasteiger partial charge in [0.15, 0.2) is 0 Å². The normalized spacial score (nSPS) is 23.9. The van der Waals surface area contributed by atoms with Gasteiger partial charge >= 0.3 is 6.18 Å². The Kier molecular flexibility index (Phi) is 6.38. The van der Waals surface area contributed by atoms with Crippen LogP contribution in [-0.2, 0) is 11.0 Å². The molecule has 2 atom stereocenters. The summed E-state index contributed by atoms with van der Waals surface area (Å²) in [5.74, 6) is 0.516. The van der Waals surface area contributed by atoms with Gasteiger partial charge < -0.3 is 10.2 Å². The summed E-state index contributed by atoms with van der Waals surface area (Å²) in [6.07, 6.45) is -1.68. The zero-order valence-electron chi connectivity index (χ0n) is 14.2. The van der Waals surface area contributed by atoms with Crippen molar-refractivity contribution in [3.63, 3.8) is 0 Å². The fourth-order valence-corrected chi connectivity index (χ4v) is 3.66. The molecule has 1 N–H and O–H groups in total. The van der Waals surface area contributed by atoms with Gasteiger partial charge in [0, 0.05) is 19.0 Å². The Labute approximate surface area is 152 Å². The first kappa shape index (κ1) is 20.0. The largest absolute Gasteiger partial charge is 0.416 e. The number of likely N-dealkylation sites (tertiary alicyclic amines) is 1. The molecule has 1 saturated heterocycles. The van der Waals surface area contributed by atoms with Gasteiger partial charge in [-0.25, -0.2) is 0 Å². The topological polar surface area (TPSA) is 32.3 Å². The van der Waals surface area contributed by atoms with E-state index in [1.54, 1.807) is 6.07 Å². The summed E-state index contributed by atoms with van der Waals surface area (Å²) in [7, 11) is 1.93. The maximum atomic E-state index is 12.8. The smallest absolute Gasteiger partial charge is 0.342 e. The van der Waals surface area contributed by atoms with Crippen LogP contribution in [0, 0.1) is 11.8 Å². The standard InChI is InChI=1S/C18H23F3N2O.ClH/c1-22-11-12-5-7-23(8-6-12)17(24)16-10-15(16)13-3-2-4-14(9-13)18(19,20)21;/h2-4,9,12,15-16,22H,5-8,10-11H2,1H3;1H. The van der Waals surface area contributed by atoms with Crippen LogP contribution in [0.25, 0.3) is 0 Å². The van der Waals surface area contributed by atoms with E-state index in [0.717, 1.165) is 38.5 Å². The van der Waals surface area contributed by atoms with E-state index in [0.29, 0.717) is 17.9 Å². The number of hydrogen-bond acceptors (Lipinski definition) is 2. The van der Waals surface area contributed by atoms with Crippen LogP contribution in [0.2, 0.25) is 0 Å². The number of rotatable bonds is 4. The molecule has 7 heteroatoms. The molecule has 25 heavy (non-hydrogen) atoms.